The molecule has 0 bridgehead atoms. The number of morpholine rings is 1. The predicted octanol–water partition coefficient (Wildman–Crippen LogP) is 4.19. The molecule has 0 spiro atoms. The van der Waals surface area contributed by atoms with Crippen molar-refractivity contribution in [3.63, 3.8) is 0 Å². The number of carbonyl (C=O) groups is 1. The van der Waals surface area contributed by atoms with Crippen LogP contribution in [0.15, 0.2) is 73.1 Å². The zero-order valence-corrected chi connectivity index (χ0v) is 20.8. The van der Waals surface area contributed by atoms with Crippen LogP contribution < -0.4 is 10.2 Å². The molecule has 1 aliphatic heterocycles. The maximum Gasteiger partial charge on any atom is 0.256 e. The quantitative estimate of drug-likeness (QED) is 0.395. The molecule has 1 saturated heterocycles. The number of aromatic nitrogens is 5. The number of benzene rings is 2. The maximum absolute atomic E-state index is 13.0. The van der Waals surface area contributed by atoms with Gasteiger partial charge in [-0.1, -0.05) is 35.9 Å². The third-order valence-corrected chi connectivity index (χ3v) is 6.48. The first kappa shape index (κ1) is 22.9. The number of fused-ring (bicyclic) bond motifs is 1. The molecule has 37 heavy (non-hydrogen) atoms. The first-order valence-electron chi connectivity index (χ1n) is 12.2. The van der Waals surface area contributed by atoms with Gasteiger partial charge in [0.25, 0.3) is 5.91 Å². The summed E-state index contributed by atoms with van der Waals surface area (Å²) in [4.78, 5) is 19.8. The number of nitrogens with one attached hydrogen (secondary N) is 1. The summed E-state index contributed by atoms with van der Waals surface area (Å²) >= 11 is 0. The molecule has 0 saturated carbocycles. The Morgan fingerprint density at radius 2 is 1.78 bits per heavy atom. The molecular formula is C28H27N7O2. The van der Waals surface area contributed by atoms with E-state index in [-0.39, 0.29) is 5.91 Å². The highest BCUT2D eigenvalue weighted by Gasteiger charge is 2.17. The van der Waals surface area contributed by atoms with E-state index in [2.05, 4.69) is 51.5 Å². The molecule has 2 aromatic carbocycles. The Morgan fingerprint density at radius 1 is 0.973 bits per heavy atom. The monoisotopic (exact) mass is 493 g/mol. The van der Waals surface area contributed by atoms with Gasteiger partial charge in [-0.15, -0.1) is 0 Å². The summed E-state index contributed by atoms with van der Waals surface area (Å²) in [6, 6.07) is 19.7. The zero-order chi connectivity index (χ0) is 25.4. The average molecular weight is 494 g/mol. The molecule has 1 fully saturated rings. The van der Waals surface area contributed by atoms with Crippen LogP contribution in [-0.2, 0) is 11.8 Å². The Labute approximate surface area is 214 Å². The fraction of sp³-hybridized carbons (Fsp3) is 0.214. The Hall–Kier alpha value is -4.50. The van der Waals surface area contributed by atoms with Crippen LogP contribution in [0, 0.1) is 6.92 Å². The number of amides is 1. The lowest BCUT2D eigenvalue weighted by atomic mass is 10.0. The molecule has 1 N–H and O–H groups in total. The van der Waals surface area contributed by atoms with E-state index in [0.717, 1.165) is 41.3 Å². The summed E-state index contributed by atoms with van der Waals surface area (Å²) < 4.78 is 8.91. The second-order valence-electron chi connectivity index (χ2n) is 9.18. The Bertz CT molecular complexity index is 1580. The molecule has 4 heterocycles. The number of aryl methyl sites for hydroxylation is 2. The summed E-state index contributed by atoms with van der Waals surface area (Å²) in [5, 5.41) is 12.4. The highest BCUT2D eigenvalue weighted by atomic mass is 16.5. The summed E-state index contributed by atoms with van der Waals surface area (Å²) in [5.41, 5.74) is 7.01. The van der Waals surface area contributed by atoms with Gasteiger partial charge in [-0.25, -0.2) is 9.50 Å². The van der Waals surface area contributed by atoms with Crippen LogP contribution in [-0.4, -0.2) is 56.6 Å². The third kappa shape index (κ3) is 4.68. The lowest BCUT2D eigenvalue weighted by Gasteiger charge is -2.29. The van der Waals surface area contributed by atoms with Gasteiger partial charge in [-0.3, -0.25) is 9.48 Å². The second kappa shape index (κ2) is 9.51. The number of rotatable bonds is 5. The maximum atomic E-state index is 13.0. The fourth-order valence-electron chi connectivity index (χ4n) is 4.54. The highest BCUT2D eigenvalue weighted by Crippen LogP contribution is 2.30. The van der Waals surface area contributed by atoms with Crippen LogP contribution in [0.5, 0.6) is 0 Å². The number of ether oxygens (including phenoxy) is 1. The molecule has 5 aromatic rings. The number of hydrogen-bond donors (Lipinski definition) is 1. The minimum Gasteiger partial charge on any atom is -0.378 e. The summed E-state index contributed by atoms with van der Waals surface area (Å²) in [6.45, 7) is 5.08. The van der Waals surface area contributed by atoms with Crippen molar-refractivity contribution < 1.29 is 9.53 Å². The van der Waals surface area contributed by atoms with Crippen LogP contribution in [0.25, 0.3) is 28.2 Å². The number of nitrogens with zero attached hydrogens (tertiary/aromatic N) is 6. The molecule has 1 aliphatic rings. The highest BCUT2D eigenvalue weighted by molar-refractivity contribution is 6.04. The number of anilines is 2. The molecule has 1 amide bonds. The molecule has 0 atom stereocenters. The van der Waals surface area contributed by atoms with E-state index in [1.165, 1.54) is 5.56 Å². The molecule has 9 nitrogen and oxygen atoms in total. The van der Waals surface area contributed by atoms with Crippen molar-refractivity contribution in [1.29, 1.82) is 0 Å². The summed E-state index contributed by atoms with van der Waals surface area (Å²) in [6.07, 6.45) is 3.69. The lowest BCUT2D eigenvalue weighted by molar-refractivity contribution is 0.102. The lowest BCUT2D eigenvalue weighted by Crippen LogP contribution is -2.36. The minimum atomic E-state index is -0.215. The molecular weight excluding hydrogens is 466 g/mol. The SMILES string of the molecule is Cc1ccc(-c2nn(C)cc2-c2ccc3nc(NC(=O)c4cccc(N5CCOCC5)c4)cn3n2)cc1. The summed E-state index contributed by atoms with van der Waals surface area (Å²) in [7, 11) is 1.90. The van der Waals surface area contributed by atoms with Gasteiger partial charge in [-0.05, 0) is 37.3 Å². The smallest absolute Gasteiger partial charge is 0.256 e. The van der Waals surface area contributed by atoms with Gasteiger partial charge >= 0.3 is 0 Å². The predicted molar refractivity (Wildman–Crippen MR) is 143 cm³/mol. The van der Waals surface area contributed by atoms with Crippen LogP contribution >= 0.6 is 0 Å². The van der Waals surface area contributed by atoms with E-state index in [4.69, 9.17) is 9.84 Å². The van der Waals surface area contributed by atoms with E-state index in [0.29, 0.717) is 30.2 Å². The van der Waals surface area contributed by atoms with Crippen LogP contribution in [0.4, 0.5) is 11.5 Å². The van der Waals surface area contributed by atoms with Crippen molar-refractivity contribution in [2.45, 2.75) is 6.92 Å². The zero-order valence-electron chi connectivity index (χ0n) is 20.8. The minimum absolute atomic E-state index is 0.215. The van der Waals surface area contributed by atoms with E-state index in [1.54, 1.807) is 21.5 Å². The molecule has 0 radical (unpaired) electrons. The second-order valence-corrected chi connectivity index (χ2v) is 9.18. The summed E-state index contributed by atoms with van der Waals surface area (Å²) in [5.74, 6) is 0.226. The first-order chi connectivity index (χ1) is 18.0. The standard InChI is InChI=1S/C28H27N7O2/c1-19-6-8-20(9-7-19)27-23(17-33(2)32-27)24-10-11-26-29-25(18-35(26)31-24)30-28(36)21-4-3-5-22(16-21)34-12-14-37-15-13-34/h3-11,16-18H,12-15H2,1-2H3,(H,30,36). The molecule has 0 aliphatic carbocycles. The largest absolute Gasteiger partial charge is 0.378 e. The third-order valence-electron chi connectivity index (χ3n) is 6.48. The number of hydrogen-bond acceptors (Lipinski definition) is 6. The van der Waals surface area contributed by atoms with E-state index >= 15 is 0 Å². The topological polar surface area (TPSA) is 89.6 Å². The van der Waals surface area contributed by atoms with Crippen molar-refractivity contribution in [2.24, 2.45) is 7.05 Å². The van der Waals surface area contributed by atoms with Crippen molar-refractivity contribution >= 4 is 23.1 Å². The molecule has 3 aromatic heterocycles. The van der Waals surface area contributed by atoms with Crippen LogP contribution in [0.1, 0.15) is 15.9 Å². The van der Waals surface area contributed by atoms with Gasteiger partial charge in [-0.2, -0.15) is 10.2 Å². The van der Waals surface area contributed by atoms with Crippen molar-refractivity contribution in [3.05, 3.63) is 84.2 Å². The van der Waals surface area contributed by atoms with E-state index < -0.39 is 0 Å². The molecule has 0 unspecified atom stereocenters. The van der Waals surface area contributed by atoms with Gasteiger partial charge in [0.15, 0.2) is 11.5 Å². The Balaban J connectivity index is 1.25. The van der Waals surface area contributed by atoms with Crippen molar-refractivity contribution in [2.75, 3.05) is 36.5 Å². The Morgan fingerprint density at radius 3 is 2.59 bits per heavy atom. The molecule has 186 valence electrons. The van der Waals surface area contributed by atoms with Gasteiger partial charge in [0.2, 0.25) is 0 Å². The molecule has 9 heteroatoms. The van der Waals surface area contributed by atoms with Gasteiger partial charge in [0, 0.05) is 48.7 Å². The first-order valence-corrected chi connectivity index (χ1v) is 12.2. The van der Waals surface area contributed by atoms with E-state index in [1.807, 2.05) is 43.6 Å². The number of imidazole rings is 1. The normalized spacial score (nSPS) is 13.7. The average Bonchev–Trinajstić information content (AvgIpc) is 3.52. The van der Waals surface area contributed by atoms with Crippen molar-refractivity contribution in [1.82, 2.24) is 24.4 Å². The Kier molecular flexibility index (Phi) is 5.90. The van der Waals surface area contributed by atoms with Gasteiger partial charge < -0.3 is 15.0 Å². The van der Waals surface area contributed by atoms with Crippen LogP contribution in [0.3, 0.4) is 0 Å². The van der Waals surface area contributed by atoms with Crippen LogP contribution in [0.2, 0.25) is 0 Å². The molecule has 6 rings (SSSR count). The number of carbonyl (C=O) groups excluding carboxylic acids is 1. The van der Waals surface area contributed by atoms with Gasteiger partial charge in [0.1, 0.15) is 5.69 Å². The van der Waals surface area contributed by atoms with E-state index in [9.17, 15) is 4.79 Å². The van der Waals surface area contributed by atoms with Crippen molar-refractivity contribution in [3.8, 4) is 22.5 Å². The fourth-order valence-corrected chi connectivity index (χ4v) is 4.54. The van der Waals surface area contributed by atoms with Gasteiger partial charge in [0.05, 0.1) is 25.1 Å².